The van der Waals surface area contributed by atoms with Gasteiger partial charge in [0.2, 0.25) is 0 Å². The zero-order chi connectivity index (χ0) is 32.5. The number of esters is 2. The molecule has 1 atom stereocenters. The normalized spacial score (nSPS) is 15.2. The van der Waals surface area contributed by atoms with E-state index in [9.17, 15) is 36.8 Å². The number of carbonyl (C=O) groups excluding carboxylic acids is 2. The van der Waals surface area contributed by atoms with Gasteiger partial charge in [-0.2, -0.15) is 18.4 Å². The third kappa shape index (κ3) is 5.80. The SMILES string of the molecule is COC(=O)C1=C(C(=O)OC)N(c2cc(Br)c(Oc3c(F)cc(C(F)(F)F)cc3F)cc2F)C(N)=C(C#N)C1c1ccccc1. The van der Waals surface area contributed by atoms with Crippen molar-refractivity contribution >= 4 is 33.6 Å². The second kappa shape index (κ2) is 12.3. The van der Waals surface area contributed by atoms with Crippen molar-refractivity contribution in [3.63, 3.8) is 0 Å². The molecule has 228 valence electrons. The molecule has 1 heterocycles. The molecule has 0 saturated carbocycles. The van der Waals surface area contributed by atoms with Gasteiger partial charge < -0.3 is 19.9 Å². The summed E-state index contributed by atoms with van der Waals surface area (Å²) in [5.74, 6) is -10.5. The number of nitrogens with two attached hydrogens (primary N) is 1. The van der Waals surface area contributed by atoms with E-state index in [2.05, 4.69) is 15.9 Å². The fourth-order valence-electron chi connectivity index (χ4n) is 4.46. The molecule has 0 aromatic heterocycles. The van der Waals surface area contributed by atoms with Crippen LogP contribution in [0.2, 0.25) is 0 Å². The van der Waals surface area contributed by atoms with Crippen LogP contribution in [0.1, 0.15) is 17.0 Å². The number of rotatable bonds is 6. The number of nitrogens with zero attached hydrogens (tertiary/aromatic N) is 2. The minimum atomic E-state index is -5.05. The molecule has 44 heavy (non-hydrogen) atoms. The summed E-state index contributed by atoms with van der Waals surface area (Å²) in [4.78, 5) is 27.0. The molecular weight excluding hydrogens is 664 g/mol. The number of ether oxygens (including phenoxy) is 3. The van der Waals surface area contributed by atoms with Gasteiger partial charge in [-0.15, -0.1) is 0 Å². The lowest BCUT2D eigenvalue weighted by atomic mass is 9.81. The van der Waals surface area contributed by atoms with Crippen molar-refractivity contribution in [2.45, 2.75) is 12.1 Å². The Labute approximate surface area is 253 Å². The molecule has 0 aliphatic carbocycles. The van der Waals surface area contributed by atoms with Gasteiger partial charge in [0.15, 0.2) is 23.2 Å². The zero-order valence-corrected chi connectivity index (χ0v) is 24.0. The molecule has 4 rings (SSSR count). The van der Waals surface area contributed by atoms with Crippen LogP contribution in [0.4, 0.5) is 32.0 Å². The summed E-state index contributed by atoms with van der Waals surface area (Å²) in [7, 11) is 2.00. The lowest BCUT2D eigenvalue weighted by molar-refractivity contribution is -0.139. The van der Waals surface area contributed by atoms with E-state index < -0.39 is 81.3 Å². The average Bonchev–Trinajstić information content (AvgIpc) is 2.98. The first-order valence-corrected chi connectivity index (χ1v) is 12.9. The monoisotopic (exact) mass is 681 g/mol. The molecule has 15 heteroatoms. The Kier molecular flexibility index (Phi) is 8.96. The number of nitriles is 1. The van der Waals surface area contributed by atoms with Gasteiger partial charge in [0.1, 0.15) is 17.3 Å². The number of allylic oxidation sites excluding steroid dienone is 1. The van der Waals surface area contributed by atoms with Crippen LogP contribution in [-0.2, 0) is 25.2 Å². The Hall–Kier alpha value is -4.97. The molecule has 0 radical (unpaired) electrons. The molecular formula is C29H18BrF6N3O5. The number of hydrogen-bond acceptors (Lipinski definition) is 8. The number of carbonyl (C=O) groups is 2. The van der Waals surface area contributed by atoms with E-state index >= 15 is 4.39 Å². The molecule has 0 saturated heterocycles. The Morgan fingerprint density at radius 2 is 1.55 bits per heavy atom. The van der Waals surface area contributed by atoms with Crippen molar-refractivity contribution in [3.05, 3.63) is 110 Å². The van der Waals surface area contributed by atoms with Crippen LogP contribution in [0.3, 0.4) is 0 Å². The van der Waals surface area contributed by atoms with Crippen molar-refractivity contribution in [3.8, 4) is 17.6 Å². The van der Waals surface area contributed by atoms with Crippen molar-refractivity contribution in [1.82, 2.24) is 0 Å². The first-order chi connectivity index (χ1) is 20.7. The van der Waals surface area contributed by atoms with Crippen LogP contribution in [0.15, 0.2) is 81.7 Å². The molecule has 0 fully saturated rings. The van der Waals surface area contributed by atoms with Crippen LogP contribution in [0.5, 0.6) is 11.5 Å². The van der Waals surface area contributed by atoms with E-state index in [0.29, 0.717) is 11.6 Å². The highest BCUT2D eigenvalue weighted by molar-refractivity contribution is 9.10. The topological polar surface area (TPSA) is 115 Å². The first kappa shape index (κ1) is 32.0. The van der Waals surface area contributed by atoms with E-state index in [1.54, 1.807) is 30.3 Å². The molecule has 0 spiro atoms. The summed E-state index contributed by atoms with van der Waals surface area (Å²) in [6.07, 6.45) is -5.05. The summed E-state index contributed by atoms with van der Waals surface area (Å²) >= 11 is 3.04. The van der Waals surface area contributed by atoms with Gasteiger partial charge in [0.05, 0.1) is 53.1 Å². The maximum Gasteiger partial charge on any atom is 0.416 e. The summed E-state index contributed by atoms with van der Waals surface area (Å²) in [5.41, 5.74) is 3.23. The van der Waals surface area contributed by atoms with Crippen molar-refractivity contribution in [2.24, 2.45) is 5.73 Å². The molecule has 2 N–H and O–H groups in total. The van der Waals surface area contributed by atoms with Crippen molar-refractivity contribution in [1.29, 1.82) is 5.26 Å². The Morgan fingerprint density at radius 1 is 0.955 bits per heavy atom. The molecule has 8 nitrogen and oxygen atoms in total. The molecule has 1 aliphatic heterocycles. The fraction of sp³-hybridized carbons (Fsp3) is 0.138. The molecule has 3 aromatic rings. The quantitative estimate of drug-likeness (QED) is 0.229. The van der Waals surface area contributed by atoms with Gasteiger partial charge in [-0.3, -0.25) is 4.90 Å². The van der Waals surface area contributed by atoms with E-state index in [0.717, 1.165) is 25.2 Å². The fourth-order valence-corrected chi connectivity index (χ4v) is 4.87. The van der Waals surface area contributed by atoms with E-state index in [4.69, 9.17) is 19.9 Å². The van der Waals surface area contributed by atoms with Crippen LogP contribution in [0.25, 0.3) is 0 Å². The van der Waals surface area contributed by atoms with Gasteiger partial charge in [-0.1, -0.05) is 30.3 Å². The number of alkyl halides is 3. The molecule has 1 aliphatic rings. The predicted molar refractivity (Wildman–Crippen MR) is 145 cm³/mol. The highest BCUT2D eigenvalue weighted by Gasteiger charge is 2.44. The Morgan fingerprint density at radius 3 is 2.07 bits per heavy atom. The van der Waals surface area contributed by atoms with Gasteiger partial charge in [-0.25, -0.2) is 22.8 Å². The summed E-state index contributed by atoms with van der Waals surface area (Å²) in [6, 6.07) is 11.4. The lowest BCUT2D eigenvalue weighted by Gasteiger charge is -2.36. The summed E-state index contributed by atoms with van der Waals surface area (Å²) in [6.45, 7) is 0. The average molecular weight is 682 g/mol. The highest BCUT2D eigenvalue weighted by Crippen LogP contribution is 2.46. The number of benzene rings is 3. The number of anilines is 1. The number of methoxy groups -OCH3 is 2. The third-order valence-electron chi connectivity index (χ3n) is 6.39. The van der Waals surface area contributed by atoms with Crippen molar-refractivity contribution in [2.75, 3.05) is 19.1 Å². The molecule has 1 unspecified atom stereocenters. The van der Waals surface area contributed by atoms with E-state index in [-0.39, 0.29) is 22.2 Å². The summed E-state index contributed by atoms with van der Waals surface area (Å²) in [5, 5.41) is 10.1. The second-order valence-electron chi connectivity index (χ2n) is 8.94. The van der Waals surface area contributed by atoms with Gasteiger partial charge in [0, 0.05) is 6.07 Å². The first-order valence-electron chi connectivity index (χ1n) is 12.1. The van der Waals surface area contributed by atoms with Gasteiger partial charge >= 0.3 is 18.1 Å². The van der Waals surface area contributed by atoms with Gasteiger partial charge in [-0.05, 0) is 39.7 Å². The number of halogens is 7. The highest BCUT2D eigenvalue weighted by atomic mass is 79.9. The lowest BCUT2D eigenvalue weighted by Crippen LogP contribution is -2.41. The van der Waals surface area contributed by atoms with E-state index in [1.807, 2.05) is 6.07 Å². The maximum atomic E-state index is 15.8. The second-order valence-corrected chi connectivity index (χ2v) is 9.79. The van der Waals surface area contributed by atoms with Crippen LogP contribution in [0, 0.1) is 28.8 Å². The molecule has 0 amide bonds. The zero-order valence-electron chi connectivity index (χ0n) is 22.4. The smallest absolute Gasteiger partial charge is 0.416 e. The summed E-state index contributed by atoms with van der Waals surface area (Å²) < 4.78 is 98.1. The van der Waals surface area contributed by atoms with Crippen LogP contribution < -0.4 is 15.4 Å². The van der Waals surface area contributed by atoms with E-state index in [1.165, 1.54) is 0 Å². The molecule has 3 aromatic carbocycles. The Balaban J connectivity index is 1.92. The standard InChI is InChI=1S/C29H18BrF6N3O5/c1-42-27(40)23-22(13-6-4-3-5-7-13)15(12-37)26(38)39(24(23)28(41)43-2)20-10-16(30)21(11-17(20)31)44-25-18(32)8-14(9-19(25)33)29(34,35)36/h3-11,22H,38H2,1-2H3. The van der Waals surface area contributed by atoms with Crippen LogP contribution >= 0.6 is 15.9 Å². The largest absolute Gasteiger partial charge is 0.466 e. The third-order valence-corrected chi connectivity index (χ3v) is 7.01. The predicted octanol–water partition coefficient (Wildman–Crippen LogP) is 6.58. The Bertz CT molecular complexity index is 1750. The maximum absolute atomic E-state index is 15.8. The minimum Gasteiger partial charge on any atom is -0.466 e. The minimum absolute atomic E-state index is 0.00458. The van der Waals surface area contributed by atoms with Crippen molar-refractivity contribution < 1.29 is 50.1 Å². The number of hydrogen-bond donors (Lipinski definition) is 1. The van der Waals surface area contributed by atoms with Gasteiger partial charge in [0.25, 0.3) is 0 Å². The molecule has 0 bridgehead atoms. The van der Waals surface area contributed by atoms with Crippen LogP contribution in [-0.4, -0.2) is 26.2 Å².